The maximum Gasteiger partial charge on any atom is 0.491 e. The summed E-state index contributed by atoms with van der Waals surface area (Å²) >= 11 is 0. The number of benzene rings is 1. The average molecular weight is 396 g/mol. The Morgan fingerprint density at radius 2 is 2.17 bits per heavy atom. The lowest BCUT2D eigenvalue weighted by Crippen LogP contribution is -2.27. The van der Waals surface area contributed by atoms with Crippen molar-refractivity contribution in [2.24, 2.45) is 0 Å². The summed E-state index contributed by atoms with van der Waals surface area (Å²) in [4.78, 5) is 4.30. The summed E-state index contributed by atoms with van der Waals surface area (Å²) < 4.78 is 27.8. The second-order valence-corrected chi connectivity index (χ2v) is 6.76. The van der Waals surface area contributed by atoms with Gasteiger partial charge < -0.3 is 28.6 Å². The minimum absolute atomic E-state index is 0.187. The van der Waals surface area contributed by atoms with Crippen LogP contribution in [0.25, 0.3) is 0 Å². The van der Waals surface area contributed by atoms with E-state index in [1.807, 2.05) is 0 Å². The lowest BCUT2D eigenvalue weighted by Gasteiger charge is -2.22. The molecule has 0 bridgehead atoms. The van der Waals surface area contributed by atoms with Crippen molar-refractivity contribution in [2.75, 3.05) is 19.8 Å². The molecule has 1 unspecified atom stereocenters. The summed E-state index contributed by atoms with van der Waals surface area (Å²) in [7, 11) is -0.895. The molecule has 1 N–H and O–H groups in total. The van der Waals surface area contributed by atoms with Gasteiger partial charge in [-0.25, -0.2) is 0 Å². The molecule has 2 aliphatic heterocycles. The number of aromatic nitrogens is 1. The molecule has 1 fully saturated rings. The summed E-state index contributed by atoms with van der Waals surface area (Å²) in [6, 6.07) is 10.6. The normalized spacial score (nSPS) is 18.2. The van der Waals surface area contributed by atoms with Crippen LogP contribution in [0.1, 0.15) is 30.4 Å². The van der Waals surface area contributed by atoms with Crippen LogP contribution in [0.2, 0.25) is 0 Å². The van der Waals surface area contributed by atoms with Gasteiger partial charge >= 0.3 is 7.12 Å². The molecule has 0 amide bonds. The average Bonchev–Trinajstić information content (AvgIpc) is 3.12. The SMILES string of the molecule is N#Cc1ccc(Oc2ccc3c(c2)COB3O)nc1OCCOC1CCCCO1. The summed E-state index contributed by atoms with van der Waals surface area (Å²) in [5, 5.41) is 19.0. The Bertz CT molecular complexity index is 897. The maximum atomic E-state index is 9.70. The molecule has 2 aromatic rings. The van der Waals surface area contributed by atoms with Crippen molar-refractivity contribution >= 4 is 12.6 Å². The Hall–Kier alpha value is -2.64. The molecule has 9 heteroatoms. The molecule has 1 aromatic heterocycles. The highest BCUT2D eigenvalue weighted by Gasteiger charge is 2.27. The highest BCUT2D eigenvalue weighted by molar-refractivity contribution is 6.61. The topological polar surface area (TPSA) is 103 Å². The number of ether oxygens (including phenoxy) is 4. The number of nitriles is 1. The Morgan fingerprint density at radius 1 is 1.24 bits per heavy atom. The highest BCUT2D eigenvalue weighted by atomic mass is 16.7. The first-order chi connectivity index (χ1) is 14.2. The predicted molar refractivity (Wildman–Crippen MR) is 103 cm³/mol. The van der Waals surface area contributed by atoms with Crippen LogP contribution in [0, 0.1) is 11.3 Å². The molecule has 1 aromatic carbocycles. The summed E-state index contributed by atoms with van der Waals surface area (Å²) in [6.07, 6.45) is 2.86. The molecule has 0 radical (unpaired) electrons. The molecule has 0 spiro atoms. The van der Waals surface area contributed by atoms with Crippen LogP contribution in [0.15, 0.2) is 30.3 Å². The van der Waals surface area contributed by atoms with Crippen molar-refractivity contribution in [1.29, 1.82) is 5.26 Å². The van der Waals surface area contributed by atoms with Gasteiger partial charge in [0.15, 0.2) is 6.29 Å². The first kappa shape index (κ1) is 19.7. The minimum atomic E-state index is -0.895. The summed E-state index contributed by atoms with van der Waals surface area (Å²) in [5.41, 5.74) is 1.91. The standard InChI is InChI=1S/C20H21BN2O6/c22-12-14-4-7-18(29-16-5-6-17-15(11-16)13-28-21(17)24)23-20(14)27-10-9-26-19-3-1-2-8-25-19/h4-7,11,19,24H,1-3,8-10,13H2. The van der Waals surface area contributed by atoms with Crippen LogP contribution in [0.3, 0.4) is 0 Å². The van der Waals surface area contributed by atoms with Crippen molar-refractivity contribution in [3.8, 4) is 23.6 Å². The minimum Gasteiger partial charge on any atom is -0.474 e. The van der Waals surface area contributed by atoms with Crippen molar-refractivity contribution in [3.63, 3.8) is 0 Å². The van der Waals surface area contributed by atoms with Crippen LogP contribution < -0.4 is 14.9 Å². The largest absolute Gasteiger partial charge is 0.491 e. The number of hydrogen-bond donors (Lipinski definition) is 1. The Kier molecular flexibility index (Phi) is 6.27. The monoisotopic (exact) mass is 396 g/mol. The zero-order valence-electron chi connectivity index (χ0n) is 15.9. The van der Waals surface area contributed by atoms with E-state index in [0.717, 1.165) is 36.9 Å². The summed E-state index contributed by atoms with van der Waals surface area (Å²) in [5.74, 6) is 1.05. The van der Waals surface area contributed by atoms with Crippen LogP contribution in [0.4, 0.5) is 0 Å². The molecule has 0 saturated carbocycles. The molecule has 8 nitrogen and oxygen atoms in total. The van der Waals surface area contributed by atoms with Gasteiger partial charge in [0.2, 0.25) is 11.8 Å². The first-order valence-electron chi connectivity index (χ1n) is 9.60. The fourth-order valence-electron chi connectivity index (χ4n) is 3.23. The van der Waals surface area contributed by atoms with Gasteiger partial charge in [0.25, 0.3) is 0 Å². The van der Waals surface area contributed by atoms with Gasteiger partial charge in [-0.1, -0.05) is 6.07 Å². The predicted octanol–water partition coefficient (Wildman–Crippen LogP) is 1.89. The number of nitrogens with zero attached hydrogens (tertiary/aromatic N) is 2. The Balaban J connectivity index is 1.37. The van der Waals surface area contributed by atoms with E-state index < -0.39 is 7.12 Å². The first-order valence-corrected chi connectivity index (χ1v) is 9.60. The van der Waals surface area contributed by atoms with Crippen molar-refractivity contribution in [1.82, 2.24) is 4.98 Å². The van der Waals surface area contributed by atoms with Crippen LogP contribution >= 0.6 is 0 Å². The second kappa shape index (κ2) is 9.24. The van der Waals surface area contributed by atoms with E-state index in [4.69, 9.17) is 23.6 Å². The maximum absolute atomic E-state index is 9.70. The number of hydrogen-bond acceptors (Lipinski definition) is 8. The molecule has 150 valence electrons. The fraction of sp³-hybridized carbons (Fsp3) is 0.400. The highest BCUT2D eigenvalue weighted by Crippen LogP contribution is 2.26. The molecular weight excluding hydrogens is 375 g/mol. The van der Waals surface area contributed by atoms with E-state index in [-0.39, 0.29) is 18.8 Å². The van der Waals surface area contributed by atoms with Gasteiger partial charge in [0.05, 0.1) is 13.2 Å². The molecule has 0 aliphatic carbocycles. The third-order valence-electron chi connectivity index (χ3n) is 4.72. The van der Waals surface area contributed by atoms with E-state index in [1.165, 1.54) is 0 Å². The molecule has 1 saturated heterocycles. The van der Waals surface area contributed by atoms with Gasteiger partial charge in [-0.3, -0.25) is 0 Å². The lowest BCUT2D eigenvalue weighted by molar-refractivity contribution is -0.165. The van der Waals surface area contributed by atoms with Crippen LogP contribution in [-0.2, 0) is 20.7 Å². The molecule has 4 rings (SSSR count). The lowest BCUT2D eigenvalue weighted by atomic mass is 9.80. The van der Waals surface area contributed by atoms with Crippen LogP contribution in [-0.4, -0.2) is 43.2 Å². The van der Waals surface area contributed by atoms with Crippen LogP contribution in [0.5, 0.6) is 17.5 Å². The smallest absolute Gasteiger partial charge is 0.474 e. The van der Waals surface area contributed by atoms with E-state index >= 15 is 0 Å². The molecule has 2 aliphatic rings. The van der Waals surface area contributed by atoms with Crippen molar-refractivity contribution in [2.45, 2.75) is 32.2 Å². The molecule has 29 heavy (non-hydrogen) atoms. The van der Waals surface area contributed by atoms with Gasteiger partial charge in [-0.2, -0.15) is 10.2 Å². The third-order valence-corrected chi connectivity index (χ3v) is 4.72. The molecule has 1 atom stereocenters. The molecule has 3 heterocycles. The van der Waals surface area contributed by atoms with Crippen molar-refractivity contribution < 1.29 is 28.6 Å². The van der Waals surface area contributed by atoms with Crippen molar-refractivity contribution in [3.05, 3.63) is 41.5 Å². The number of rotatable bonds is 7. The van der Waals surface area contributed by atoms with Gasteiger partial charge in [-0.05, 0) is 48.5 Å². The Labute approximate surface area is 169 Å². The van der Waals surface area contributed by atoms with Gasteiger partial charge in [0, 0.05) is 12.7 Å². The summed E-state index contributed by atoms with van der Waals surface area (Å²) in [6.45, 7) is 1.64. The number of pyridine rings is 1. The second-order valence-electron chi connectivity index (χ2n) is 6.76. The van der Waals surface area contributed by atoms with E-state index in [0.29, 0.717) is 30.4 Å². The fourth-order valence-corrected chi connectivity index (χ4v) is 3.23. The zero-order chi connectivity index (χ0) is 20.1. The van der Waals surface area contributed by atoms with Gasteiger partial charge in [0.1, 0.15) is 24.0 Å². The van der Waals surface area contributed by atoms with Gasteiger partial charge in [-0.15, -0.1) is 0 Å². The zero-order valence-corrected chi connectivity index (χ0v) is 15.9. The quantitative estimate of drug-likeness (QED) is 0.559. The van der Waals surface area contributed by atoms with E-state index in [1.54, 1.807) is 30.3 Å². The van der Waals surface area contributed by atoms with E-state index in [2.05, 4.69) is 11.1 Å². The third kappa shape index (κ3) is 4.86. The molecular formula is C20H21BN2O6. The van der Waals surface area contributed by atoms with E-state index in [9.17, 15) is 10.3 Å². The Morgan fingerprint density at radius 3 is 3.00 bits per heavy atom. The number of fused-ring (bicyclic) bond motifs is 1.